The van der Waals surface area contributed by atoms with Crippen molar-refractivity contribution in [2.24, 2.45) is 0 Å². The lowest BCUT2D eigenvalue weighted by molar-refractivity contribution is 0.0657. The van der Waals surface area contributed by atoms with Gasteiger partial charge in [-0.3, -0.25) is 0 Å². The van der Waals surface area contributed by atoms with Crippen LogP contribution in [0.25, 0.3) is 11.0 Å². The molecule has 114 valence electrons. The van der Waals surface area contributed by atoms with Crippen LogP contribution in [0.3, 0.4) is 0 Å². The molecule has 3 aromatic rings. The molecule has 0 saturated carbocycles. The number of imidazole rings is 1. The molecular formula is C17H16Cl2N2O. The molecule has 0 aliphatic rings. The summed E-state index contributed by atoms with van der Waals surface area (Å²) in [5.74, 6) is 0.611. The van der Waals surface area contributed by atoms with Crippen molar-refractivity contribution in [1.82, 2.24) is 9.55 Å². The summed E-state index contributed by atoms with van der Waals surface area (Å²) in [7, 11) is 0. The molecule has 2 aromatic carbocycles. The smallest absolute Gasteiger partial charge is 0.141 e. The molecule has 0 amide bonds. The molecule has 0 spiro atoms. The molecule has 0 aliphatic heterocycles. The number of aromatic nitrogens is 2. The van der Waals surface area contributed by atoms with Gasteiger partial charge in [-0.1, -0.05) is 41.4 Å². The topological polar surface area (TPSA) is 38.1 Å². The maximum Gasteiger partial charge on any atom is 0.141 e. The molecule has 1 N–H and O–H groups in total. The van der Waals surface area contributed by atoms with Crippen molar-refractivity contribution in [2.45, 2.75) is 26.0 Å². The number of fused-ring (bicyclic) bond motifs is 1. The number of aliphatic hydroxyl groups is 1. The summed E-state index contributed by atoms with van der Waals surface area (Å²) in [4.78, 5) is 4.57. The molecule has 0 fully saturated rings. The van der Waals surface area contributed by atoms with Crippen LogP contribution in [-0.2, 0) is 12.1 Å². The van der Waals surface area contributed by atoms with Gasteiger partial charge in [0.1, 0.15) is 11.4 Å². The van der Waals surface area contributed by atoms with Crippen molar-refractivity contribution in [1.29, 1.82) is 0 Å². The molecule has 0 saturated heterocycles. The average Bonchev–Trinajstić information content (AvgIpc) is 2.81. The molecule has 22 heavy (non-hydrogen) atoms. The molecule has 0 atom stereocenters. The van der Waals surface area contributed by atoms with Crippen LogP contribution < -0.4 is 0 Å². The summed E-state index contributed by atoms with van der Waals surface area (Å²) < 4.78 is 1.99. The third-order valence-corrected chi connectivity index (χ3v) is 4.13. The van der Waals surface area contributed by atoms with Crippen LogP contribution in [0.15, 0.2) is 42.5 Å². The van der Waals surface area contributed by atoms with Gasteiger partial charge in [0.15, 0.2) is 0 Å². The normalized spacial score (nSPS) is 12.0. The monoisotopic (exact) mass is 334 g/mol. The van der Waals surface area contributed by atoms with Crippen molar-refractivity contribution in [3.8, 4) is 0 Å². The van der Waals surface area contributed by atoms with Gasteiger partial charge in [-0.25, -0.2) is 4.98 Å². The third-order valence-electron chi connectivity index (χ3n) is 3.55. The quantitative estimate of drug-likeness (QED) is 0.758. The molecule has 0 radical (unpaired) electrons. The van der Waals surface area contributed by atoms with Gasteiger partial charge in [-0.05, 0) is 43.7 Å². The molecule has 5 heteroatoms. The largest absolute Gasteiger partial charge is 0.383 e. The second kappa shape index (κ2) is 5.58. The Labute approximate surface area is 139 Å². The second-order valence-corrected chi connectivity index (χ2v) is 6.65. The lowest BCUT2D eigenvalue weighted by Crippen LogP contribution is -2.22. The zero-order valence-electron chi connectivity index (χ0n) is 12.3. The Morgan fingerprint density at radius 1 is 1.14 bits per heavy atom. The Balaban J connectivity index is 2.16. The van der Waals surface area contributed by atoms with Crippen molar-refractivity contribution in [2.75, 3.05) is 0 Å². The Bertz CT molecular complexity index is 834. The molecule has 1 heterocycles. The van der Waals surface area contributed by atoms with Gasteiger partial charge in [0.2, 0.25) is 0 Å². The fraction of sp³-hybridized carbons (Fsp3) is 0.235. The van der Waals surface area contributed by atoms with E-state index in [1.165, 1.54) is 0 Å². The summed E-state index contributed by atoms with van der Waals surface area (Å²) in [6.07, 6.45) is 0. The van der Waals surface area contributed by atoms with Crippen LogP contribution in [0.2, 0.25) is 10.0 Å². The maximum atomic E-state index is 10.4. The van der Waals surface area contributed by atoms with Gasteiger partial charge >= 0.3 is 0 Å². The number of halogens is 2. The first-order chi connectivity index (χ1) is 10.4. The summed E-state index contributed by atoms with van der Waals surface area (Å²) in [5.41, 5.74) is 1.70. The fourth-order valence-corrected chi connectivity index (χ4v) is 2.99. The van der Waals surface area contributed by atoms with Crippen molar-refractivity contribution in [3.05, 3.63) is 63.9 Å². The highest BCUT2D eigenvalue weighted by atomic mass is 35.5. The van der Waals surface area contributed by atoms with E-state index in [9.17, 15) is 5.11 Å². The maximum absolute atomic E-state index is 10.4. The number of benzene rings is 2. The fourth-order valence-electron chi connectivity index (χ4n) is 2.52. The number of para-hydroxylation sites is 2. The summed E-state index contributed by atoms with van der Waals surface area (Å²) in [6.45, 7) is 3.98. The first kappa shape index (κ1) is 15.3. The molecule has 1 aromatic heterocycles. The first-order valence-electron chi connectivity index (χ1n) is 6.98. The van der Waals surface area contributed by atoms with E-state index in [2.05, 4.69) is 4.98 Å². The number of rotatable bonds is 3. The number of nitrogens with zero attached hydrogens (tertiary/aromatic N) is 2. The lowest BCUT2D eigenvalue weighted by atomic mass is 10.1. The van der Waals surface area contributed by atoms with Crippen LogP contribution in [0.1, 0.15) is 25.2 Å². The van der Waals surface area contributed by atoms with Gasteiger partial charge in [0.05, 0.1) is 17.6 Å². The highest BCUT2D eigenvalue weighted by Crippen LogP contribution is 2.28. The molecule has 3 rings (SSSR count). The molecule has 0 aliphatic carbocycles. The SMILES string of the molecule is CC(C)(O)c1nc2ccccc2n1Cc1ccc(Cl)cc1Cl. The summed E-state index contributed by atoms with van der Waals surface area (Å²) in [6, 6.07) is 13.2. The zero-order valence-corrected chi connectivity index (χ0v) is 13.9. The summed E-state index contributed by atoms with van der Waals surface area (Å²) >= 11 is 12.2. The first-order valence-corrected chi connectivity index (χ1v) is 7.74. The standard InChI is InChI=1S/C17H16Cl2N2O/c1-17(2,22)16-20-14-5-3-4-6-15(14)21(16)10-11-7-8-12(18)9-13(11)19/h3-9,22H,10H2,1-2H3. The number of hydrogen-bond donors (Lipinski definition) is 1. The van der Waals surface area contributed by atoms with Crippen LogP contribution in [0.4, 0.5) is 0 Å². The van der Waals surface area contributed by atoms with Gasteiger partial charge in [0.25, 0.3) is 0 Å². The molecule has 0 unspecified atom stereocenters. The Morgan fingerprint density at radius 2 is 1.86 bits per heavy atom. The van der Waals surface area contributed by atoms with Crippen molar-refractivity contribution >= 4 is 34.2 Å². The van der Waals surface area contributed by atoms with Crippen molar-refractivity contribution < 1.29 is 5.11 Å². The predicted octanol–water partition coefficient (Wildman–Crippen LogP) is 4.62. The second-order valence-electron chi connectivity index (χ2n) is 5.81. The van der Waals surface area contributed by atoms with E-state index in [4.69, 9.17) is 23.2 Å². The average molecular weight is 335 g/mol. The van der Waals surface area contributed by atoms with Crippen LogP contribution in [0.5, 0.6) is 0 Å². The van der Waals surface area contributed by atoms with E-state index < -0.39 is 5.60 Å². The Hall–Kier alpha value is -1.55. The highest BCUT2D eigenvalue weighted by molar-refractivity contribution is 6.35. The minimum atomic E-state index is -1.04. The van der Waals surface area contributed by atoms with E-state index in [1.807, 2.05) is 41.0 Å². The van der Waals surface area contributed by atoms with E-state index in [-0.39, 0.29) is 0 Å². The molecular weight excluding hydrogens is 319 g/mol. The minimum absolute atomic E-state index is 0.524. The Kier molecular flexibility index (Phi) is 3.89. The summed E-state index contributed by atoms with van der Waals surface area (Å²) in [5, 5.41) is 11.6. The van der Waals surface area contributed by atoms with Crippen LogP contribution in [0, 0.1) is 0 Å². The predicted molar refractivity (Wildman–Crippen MR) is 90.5 cm³/mol. The van der Waals surface area contributed by atoms with E-state index in [1.54, 1.807) is 19.9 Å². The van der Waals surface area contributed by atoms with Crippen LogP contribution >= 0.6 is 23.2 Å². The molecule has 0 bridgehead atoms. The third kappa shape index (κ3) is 2.84. The zero-order chi connectivity index (χ0) is 15.9. The van der Waals surface area contributed by atoms with Gasteiger partial charge in [-0.2, -0.15) is 0 Å². The Morgan fingerprint density at radius 3 is 2.55 bits per heavy atom. The van der Waals surface area contributed by atoms with E-state index in [0.29, 0.717) is 22.4 Å². The van der Waals surface area contributed by atoms with Gasteiger partial charge in [0, 0.05) is 10.0 Å². The van der Waals surface area contributed by atoms with E-state index >= 15 is 0 Å². The highest BCUT2D eigenvalue weighted by Gasteiger charge is 2.25. The minimum Gasteiger partial charge on any atom is -0.383 e. The molecule has 3 nitrogen and oxygen atoms in total. The van der Waals surface area contributed by atoms with Gasteiger partial charge in [-0.15, -0.1) is 0 Å². The van der Waals surface area contributed by atoms with Gasteiger partial charge < -0.3 is 9.67 Å². The van der Waals surface area contributed by atoms with E-state index in [0.717, 1.165) is 16.6 Å². The van der Waals surface area contributed by atoms with Crippen molar-refractivity contribution in [3.63, 3.8) is 0 Å². The lowest BCUT2D eigenvalue weighted by Gasteiger charge is -2.19. The number of hydrogen-bond acceptors (Lipinski definition) is 2. The van der Waals surface area contributed by atoms with Crippen LogP contribution in [-0.4, -0.2) is 14.7 Å².